The third-order valence-corrected chi connectivity index (χ3v) is 6.29. The number of amides is 2. The fourth-order valence-corrected chi connectivity index (χ4v) is 4.52. The van der Waals surface area contributed by atoms with Crippen molar-refractivity contribution < 1.29 is 19.1 Å². The summed E-state index contributed by atoms with van der Waals surface area (Å²) in [5.41, 5.74) is 0.977. The zero-order valence-electron chi connectivity index (χ0n) is 18.3. The first-order chi connectivity index (χ1) is 14.3. The second kappa shape index (κ2) is 10.1. The Kier molecular flexibility index (Phi) is 7.51. The highest BCUT2D eigenvalue weighted by molar-refractivity contribution is 5.92. The van der Waals surface area contributed by atoms with E-state index in [4.69, 9.17) is 4.74 Å². The number of carbonyl (C=O) groups excluding carboxylic acids is 3. The lowest BCUT2D eigenvalue weighted by molar-refractivity contribution is -0.158. The highest BCUT2D eigenvalue weighted by Crippen LogP contribution is 2.24. The highest BCUT2D eigenvalue weighted by Gasteiger charge is 2.39. The standard InChI is InChI=1S/C24H34N2O4/c1-16-11-12-18(3)30-24(29)21-10-7-13-26(21)23(28)20(25-22(27)17(2)14-16)15-19-8-5-4-6-9-19/h4-6,8-9,16-18,20-21H,7,10-15H2,1-3H3,(H,25,27)/t16-,17+,18-,20+,21?/m1/s1. The quantitative estimate of drug-likeness (QED) is 0.755. The maximum absolute atomic E-state index is 13.4. The van der Waals surface area contributed by atoms with Crippen molar-refractivity contribution in [2.75, 3.05) is 6.54 Å². The molecule has 3 rings (SSSR count). The summed E-state index contributed by atoms with van der Waals surface area (Å²) < 4.78 is 5.69. The Labute approximate surface area is 179 Å². The second-order valence-electron chi connectivity index (χ2n) is 9.01. The van der Waals surface area contributed by atoms with Gasteiger partial charge in [0.15, 0.2) is 0 Å². The molecule has 0 radical (unpaired) electrons. The molecule has 0 aromatic heterocycles. The molecular weight excluding hydrogens is 380 g/mol. The molecule has 6 heteroatoms. The largest absolute Gasteiger partial charge is 0.461 e. The number of esters is 1. The third-order valence-electron chi connectivity index (χ3n) is 6.29. The van der Waals surface area contributed by atoms with E-state index >= 15 is 0 Å². The summed E-state index contributed by atoms with van der Waals surface area (Å²) in [6.45, 7) is 6.46. The Bertz CT molecular complexity index is 751. The fourth-order valence-electron chi connectivity index (χ4n) is 4.52. The van der Waals surface area contributed by atoms with E-state index in [1.807, 2.05) is 44.2 Å². The molecule has 2 aliphatic heterocycles. The van der Waals surface area contributed by atoms with Gasteiger partial charge in [0.25, 0.3) is 0 Å². The molecule has 164 valence electrons. The molecule has 2 saturated heterocycles. The predicted octanol–water partition coefficient (Wildman–Crippen LogP) is 3.09. The molecule has 0 aliphatic carbocycles. The molecule has 2 heterocycles. The van der Waals surface area contributed by atoms with Gasteiger partial charge < -0.3 is 15.0 Å². The number of carbonyl (C=O) groups is 3. The Morgan fingerprint density at radius 1 is 1.03 bits per heavy atom. The maximum Gasteiger partial charge on any atom is 0.329 e. The van der Waals surface area contributed by atoms with Crippen LogP contribution in [-0.4, -0.2) is 47.4 Å². The number of rotatable bonds is 2. The van der Waals surface area contributed by atoms with E-state index in [2.05, 4.69) is 12.2 Å². The molecule has 1 aromatic carbocycles. The van der Waals surface area contributed by atoms with Crippen molar-refractivity contribution in [3.05, 3.63) is 35.9 Å². The van der Waals surface area contributed by atoms with Crippen LogP contribution in [0, 0.1) is 11.8 Å². The number of ether oxygens (including phenoxy) is 1. The van der Waals surface area contributed by atoms with Crippen LogP contribution in [-0.2, 0) is 25.5 Å². The molecule has 0 bridgehead atoms. The Morgan fingerprint density at radius 2 is 1.77 bits per heavy atom. The van der Waals surface area contributed by atoms with E-state index in [9.17, 15) is 14.4 Å². The molecular formula is C24H34N2O4. The smallest absolute Gasteiger partial charge is 0.329 e. The van der Waals surface area contributed by atoms with Crippen molar-refractivity contribution in [3.8, 4) is 0 Å². The molecule has 0 saturated carbocycles. The van der Waals surface area contributed by atoms with Gasteiger partial charge in [-0.1, -0.05) is 44.2 Å². The van der Waals surface area contributed by atoms with Crippen LogP contribution in [0.3, 0.4) is 0 Å². The van der Waals surface area contributed by atoms with Crippen molar-refractivity contribution >= 4 is 17.8 Å². The first-order valence-electron chi connectivity index (χ1n) is 11.2. The van der Waals surface area contributed by atoms with Crippen LogP contribution >= 0.6 is 0 Å². The molecule has 2 aliphatic rings. The van der Waals surface area contributed by atoms with Crippen molar-refractivity contribution in [1.82, 2.24) is 10.2 Å². The minimum atomic E-state index is -0.688. The molecule has 5 atom stereocenters. The number of hydrogen-bond acceptors (Lipinski definition) is 4. The van der Waals surface area contributed by atoms with Crippen molar-refractivity contribution in [2.45, 2.75) is 77.5 Å². The van der Waals surface area contributed by atoms with E-state index in [-0.39, 0.29) is 29.8 Å². The lowest BCUT2D eigenvalue weighted by Crippen LogP contribution is -2.54. The van der Waals surface area contributed by atoms with Gasteiger partial charge in [0.2, 0.25) is 11.8 Å². The van der Waals surface area contributed by atoms with Gasteiger partial charge in [0.05, 0.1) is 6.10 Å². The number of cyclic esters (lactones) is 1. The van der Waals surface area contributed by atoms with E-state index in [0.29, 0.717) is 25.3 Å². The topological polar surface area (TPSA) is 75.7 Å². The van der Waals surface area contributed by atoms with Crippen LogP contribution in [0.4, 0.5) is 0 Å². The molecule has 6 nitrogen and oxygen atoms in total. The van der Waals surface area contributed by atoms with Crippen LogP contribution < -0.4 is 5.32 Å². The molecule has 30 heavy (non-hydrogen) atoms. The van der Waals surface area contributed by atoms with Crippen LogP contribution in [0.2, 0.25) is 0 Å². The van der Waals surface area contributed by atoms with Crippen molar-refractivity contribution in [1.29, 1.82) is 0 Å². The van der Waals surface area contributed by atoms with E-state index in [1.54, 1.807) is 4.90 Å². The summed E-state index contributed by atoms with van der Waals surface area (Å²) in [4.78, 5) is 40.8. The maximum atomic E-state index is 13.4. The lowest BCUT2D eigenvalue weighted by atomic mass is 9.91. The lowest BCUT2D eigenvalue weighted by Gasteiger charge is -2.30. The monoisotopic (exact) mass is 414 g/mol. The van der Waals surface area contributed by atoms with Gasteiger partial charge in [0, 0.05) is 18.9 Å². The summed E-state index contributed by atoms with van der Waals surface area (Å²) in [5.74, 6) is -0.463. The summed E-state index contributed by atoms with van der Waals surface area (Å²) in [5, 5.41) is 2.99. The van der Waals surface area contributed by atoms with E-state index in [0.717, 1.165) is 31.2 Å². The third kappa shape index (κ3) is 5.61. The molecule has 0 spiro atoms. The van der Waals surface area contributed by atoms with Gasteiger partial charge >= 0.3 is 5.97 Å². The van der Waals surface area contributed by atoms with Gasteiger partial charge in [-0.2, -0.15) is 0 Å². The van der Waals surface area contributed by atoms with Crippen LogP contribution in [0.5, 0.6) is 0 Å². The number of benzene rings is 1. The number of nitrogens with zero attached hydrogens (tertiary/aromatic N) is 1. The minimum absolute atomic E-state index is 0.0976. The molecule has 2 fully saturated rings. The van der Waals surface area contributed by atoms with Crippen molar-refractivity contribution in [3.63, 3.8) is 0 Å². The zero-order valence-corrected chi connectivity index (χ0v) is 18.3. The Morgan fingerprint density at radius 3 is 2.50 bits per heavy atom. The second-order valence-corrected chi connectivity index (χ2v) is 9.01. The van der Waals surface area contributed by atoms with Crippen LogP contribution in [0.1, 0.15) is 58.4 Å². The summed E-state index contributed by atoms with van der Waals surface area (Å²) in [6.07, 6.45) is 3.98. The number of hydrogen-bond donors (Lipinski definition) is 1. The van der Waals surface area contributed by atoms with Gasteiger partial charge in [-0.3, -0.25) is 9.59 Å². The van der Waals surface area contributed by atoms with Crippen LogP contribution in [0.25, 0.3) is 0 Å². The molecule has 2 amide bonds. The van der Waals surface area contributed by atoms with Gasteiger partial charge in [0.1, 0.15) is 12.1 Å². The highest BCUT2D eigenvalue weighted by atomic mass is 16.5. The zero-order chi connectivity index (χ0) is 21.7. The first kappa shape index (κ1) is 22.3. The normalized spacial score (nSPS) is 31.5. The number of nitrogens with one attached hydrogen (secondary N) is 1. The first-order valence-corrected chi connectivity index (χ1v) is 11.2. The van der Waals surface area contributed by atoms with E-state index in [1.165, 1.54) is 0 Å². The summed E-state index contributed by atoms with van der Waals surface area (Å²) in [6, 6.07) is 8.42. The Hall–Kier alpha value is -2.37. The van der Waals surface area contributed by atoms with Crippen molar-refractivity contribution in [2.24, 2.45) is 11.8 Å². The summed E-state index contributed by atoms with van der Waals surface area (Å²) in [7, 11) is 0. The molecule has 1 N–H and O–H groups in total. The Balaban J connectivity index is 1.87. The SMILES string of the molecule is C[C@@H]1CC[C@@H](C)OC(=O)C2CCCN2C(=O)[C@H](Cc2ccccc2)NC(=O)[C@@H](C)C1. The average Bonchev–Trinajstić information content (AvgIpc) is 3.21. The average molecular weight is 415 g/mol. The van der Waals surface area contributed by atoms with Gasteiger partial charge in [-0.15, -0.1) is 0 Å². The fraction of sp³-hybridized carbons (Fsp3) is 0.625. The molecule has 1 aromatic rings. The van der Waals surface area contributed by atoms with Gasteiger partial charge in [-0.25, -0.2) is 4.79 Å². The van der Waals surface area contributed by atoms with E-state index < -0.39 is 12.1 Å². The minimum Gasteiger partial charge on any atom is -0.461 e. The molecule has 1 unspecified atom stereocenters. The predicted molar refractivity (Wildman–Crippen MR) is 115 cm³/mol. The van der Waals surface area contributed by atoms with Gasteiger partial charge in [-0.05, 0) is 50.5 Å². The number of fused-ring (bicyclic) bond motifs is 1. The van der Waals surface area contributed by atoms with Crippen LogP contribution in [0.15, 0.2) is 30.3 Å². The summed E-state index contributed by atoms with van der Waals surface area (Å²) >= 11 is 0.